The van der Waals surface area contributed by atoms with Crippen molar-refractivity contribution in [3.05, 3.63) is 83.2 Å². The van der Waals surface area contributed by atoms with Gasteiger partial charge in [0.1, 0.15) is 11.6 Å². The Hall–Kier alpha value is -4.56. The Kier molecular flexibility index (Phi) is 14.5. The second-order valence-electron chi connectivity index (χ2n) is 13.4. The molecule has 0 spiro atoms. The van der Waals surface area contributed by atoms with E-state index in [9.17, 15) is 19.2 Å². The Morgan fingerprint density at radius 1 is 0.865 bits per heavy atom. The van der Waals surface area contributed by atoms with Crippen molar-refractivity contribution in [2.24, 2.45) is 0 Å². The molecule has 4 rings (SSSR count). The number of urea groups is 1. The number of hydrogen-bond donors (Lipinski definition) is 3. The average molecular weight is 734 g/mol. The van der Waals surface area contributed by atoms with Gasteiger partial charge in [0.05, 0.1) is 19.0 Å². The molecule has 0 aliphatic heterocycles. The number of esters is 1. The topological polar surface area (TPSA) is 139 Å². The molecule has 0 aliphatic rings. The molecule has 12 nitrogen and oxygen atoms in total. The zero-order valence-corrected chi connectivity index (χ0v) is 31.9. The Bertz CT molecular complexity index is 1810. The van der Waals surface area contributed by atoms with Gasteiger partial charge in [0.25, 0.3) is 0 Å². The van der Waals surface area contributed by atoms with Crippen LogP contribution < -0.4 is 16.1 Å². The molecule has 0 bridgehead atoms. The van der Waals surface area contributed by atoms with E-state index in [2.05, 4.69) is 16.1 Å². The third-order valence-corrected chi connectivity index (χ3v) is 9.16. The van der Waals surface area contributed by atoms with Gasteiger partial charge in [0, 0.05) is 38.1 Å². The molecule has 3 N–H and O–H groups in total. The van der Waals surface area contributed by atoms with Gasteiger partial charge >= 0.3 is 12.0 Å². The maximum atomic E-state index is 14.6. The summed E-state index contributed by atoms with van der Waals surface area (Å²) in [5.41, 5.74) is 3.69. The van der Waals surface area contributed by atoms with Crippen molar-refractivity contribution in [3.63, 3.8) is 0 Å². The molecule has 3 aromatic carbocycles. The van der Waals surface area contributed by atoms with Crippen molar-refractivity contribution >= 4 is 56.0 Å². The third-order valence-electron chi connectivity index (χ3n) is 8.15. The van der Waals surface area contributed by atoms with Crippen molar-refractivity contribution in [1.82, 2.24) is 26.0 Å². The first kappa shape index (κ1) is 40.2. The number of hydrogen-bond acceptors (Lipinski definition) is 9. The number of thiophene rings is 1. The minimum Gasteiger partial charge on any atom is -0.460 e. The molecule has 280 valence electrons. The van der Waals surface area contributed by atoms with Gasteiger partial charge in [-0.3, -0.25) is 19.8 Å². The molecule has 1 unspecified atom stereocenters. The van der Waals surface area contributed by atoms with E-state index in [1.165, 1.54) is 12.1 Å². The van der Waals surface area contributed by atoms with Crippen LogP contribution in [0.2, 0.25) is 0 Å². The van der Waals surface area contributed by atoms with Gasteiger partial charge in [0.15, 0.2) is 6.29 Å². The SMILES string of the molecule is CCOC(OCC)[C@H](C)N(Cc1csc2ccccc12)C(=O)C(CC(=O)OC(C)(C)C)NC(=O)CN(C)NC(=O)NCc1cccc2ccccc12. The summed E-state index contributed by atoms with van der Waals surface area (Å²) >= 11 is 1.57. The molecule has 52 heavy (non-hydrogen) atoms. The molecule has 2 atom stereocenters. The minimum atomic E-state index is -1.29. The highest BCUT2D eigenvalue weighted by molar-refractivity contribution is 7.17. The molecular formula is C39H51N5O7S. The smallest absolute Gasteiger partial charge is 0.329 e. The Morgan fingerprint density at radius 2 is 1.52 bits per heavy atom. The van der Waals surface area contributed by atoms with Gasteiger partial charge in [-0.1, -0.05) is 60.7 Å². The Labute approximate surface area is 309 Å². The number of carbonyl (C=O) groups excluding carboxylic acids is 4. The molecule has 4 aromatic rings. The predicted molar refractivity (Wildman–Crippen MR) is 203 cm³/mol. The summed E-state index contributed by atoms with van der Waals surface area (Å²) in [6.07, 6.45) is -1.17. The van der Waals surface area contributed by atoms with Gasteiger partial charge in [0.2, 0.25) is 11.8 Å². The van der Waals surface area contributed by atoms with Gasteiger partial charge in [-0.2, -0.15) is 0 Å². The largest absolute Gasteiger partial charge is 0.460 e. The number of carbonyl (C=O) groups is 4. The van der Waals surface area contributed by atoms with E-state index >= 15 is 0 Å². The molecule has 0 saturated carbocycles. The maximum Gasteiger partial charge on any atom is 0.329 e. The van der Waals surface area contributed by atoms with Crippen molar-refractivity contribution in [2.75, 3.05) is 26.8 Å². The van der Waals surface area contributed by atoms with Crippen LogP contribution in [0.4, 0.5) is 4.79 Å². The zero-order valence-electron chi connectivity index (χ0n) is 31.1. The molecule has 0 radical (unpaired) electrons. The lowest BCUT2D eigenvalue weighted by atomic mass is 10.0. The normalized spacial score (nSPS) is 12.9. The van der Waals surface area contributed by atoms with E-state index in [4.69, 9.17) is 14.2 Å². The van der Waals surface area contributed by atoms with Gasteiger partial charge < -0.3 is 29.7 Å². The number of rotatable bonds is 17. The first-order valence-electron chi connectivity index (χ1n) is 17.5. The summed E-state index contributed by atoms with van der Waals surface area (Å²) in [5, 5.41) is 12.0. The molecule has 0 fully saturated rings. The lowest BCUT2D eigenvalue weighted by Crippen LogP contribution is -2.56. The summed E-state index contributed by atoms with van der Waals surface area (Å²) in [4.78, 5) is 55.6. The number of amides is 4. The molecule has 0 aliphatic carbocycles. The zero-order chi connectivity index (χ0) is 37.8. The van der Waals surface area contributed by atoms with Gasteiger partial charge in [-0.25, -0.2) is 9.80 Å². The van der Waals surface area contributed by atoms with E-state index in [1.54, 1.807) is 37.0 Å². The number of nitrogens with one attached hydrogen (secondary N) is 3. The minimum absolute atomic E-state index is 0.180. The number of likely N-dealkylation sites (N-methyl/N-ethyl adjacent to an activating group) is 1. The predicted octanol–water partition coefficient (Wildman–Crippen LogP) is 5.73. The number of benzene rings is 3. The molecule has 13 heteroatoms. The molecule has 4 amide bonds. The van der Waals surface area contributed by atoms with Crippen LogP contribution in [0.15, 0.2) is 72.1 Å². The number of hydrazine groups is 1. The highest BCUT2D eigenvalue weighted by Crippen LogP contribution is 2.28. The molecular weight excluding hydrogens is 683 g/mol. The standard InChI is InChI=1S/C39H51N5O7S/c1-8-49-37(50-9-2)26(3)44(23-29-25-52-33-20-13-12-19-31(29)33)36(47)32(21-35(46)51-39(4,5)6)41-34(45)24-43(7)42-38(48)40-22-28-17-14-16-27-15-10-11-18-30(27)28/h10-20,25-26,32,37H,8-9,21-24H2,1-7H3,(H,41,45)(H2,40,42,48)/t26-,32?/m0/s1. The van der Waals surface area contributed by atoms with Crippen LogP contribution >= 0.6 is 11.3 Å². The molecule has 1 aromatic heterocycles. The second-order valence-corrected chi connectivity index (χ2v) is 14.4. The summed E-state index contributed by atoms with van der Waals surface area (Å²) in [6.45, 7) is 11.6. The maximum absolute atomic E-state index is 14.6. The quantitative estimate of drug-likeness (QED) is 0.0711. The lowest BCUT2D eigenvalue weighted by molar-refractivity contribution is -0.180. The summed E-state index contributed by atoms with van der Waals surface area (Å²) in [6, 6.07) is 19.3. The fraction of sp³-hybridized carbons (Fsp3) is 0.436. The fourth-order valence-electron chi connectivity index (χ4n) is 5.84. The average Bonchev–Trinajstić information content (AvgIpc) is 3.50. The van der Waals surface area contributed by atoms with Crippen LogP contribution in [0, 0.1) is 0 Å². The van der Waals surface area contributed by atoms with Gasteiger partial charge in [-0.05, 0) is 80.3 Å². The molecule has 0 saturated heterocycles. The number of fused-ring (bicyclic) bond motifs is 2. The number of ether oxygens (including phenoxy) is 3. The van der Waals surface area contributed by atoms with Crippen molar-refractivity contribution in [3.8, 4) is 0 Å². The van der Waals surface area contributed by atoms with Crippen LogP contribution in [-0.2, 0) is 41.7 Å². The van der Waals surface area contributed by atoms with Crippen LogP contribution in [0.5, 0.6) is 0 Å². The second kappa shape index (κ2) is 18.8. The van der Waals surface area contributed by atoms with Crippen molar-refractivity contribution in [1.29, 1.82) is 0 Å². The van der Waals surface area contributed by atoms with Crippen LogP contribution in [0.3, 0.4) is 0 Å². The van der Waals surface area contributed by atoms with E-state index in [-0.39, 0.29) is 19.6 Å². The first-order chi connectivity index (χ1) is 24.8. The van der Waals surface area contributed by atoms with Crippen LogP contribution in [0.25, 0.3) is 20.9 Å². The lowest BCUT2D eigenvalue weighted by Gasteiger charge is -2.36. The fourth-order valence-corrected chi connectivity index (χ4v) is 6.80. The highest BCUT2D eigenvalue weighted by Gasteiger charge is 2.36. The highest BCUT2D eigenvalue weighted by atomic mass is 32.1. The summed E-state index contributed by atoms with van der Waals surface area (Å²) in [5.74, 6) is -1.74. The monoisotopic (exact) mass is 733 g/mol. The van der Waals surface area contributed by atoms with E-state index < -0.39 is 54.2 Å². The number of nitrogens with zero attached hydrogens (tertiary/aromatic N) is 2. The Balaban J connectivity index is 1.51. The molecule has 1 heterocycles. The van der Waals surface area contributed by atoms with E-state index in [0.717, 1.165) is 32.0 Å². The summed E-state index contributed by atoms with van der Waals surface area (Å²) < 4.78 is 18.4. The van der Waals surface area contributed by atoms with Gasteiger partial charge in [-0.15, -0.1) is 11.3 Å². The first-order valence-corrected chi connectivity index (χ1v) is 18.4. The Morgan fingerprint density at radius 3 is 2.21 bits per heavy atom. The third kappa shape index (κ3) is 11.5. The van der Waals surface area contributed by atoms with Crippen LogP contribution in [-0.4, -0.2) is 84.5 Å². The van der Waals surface area contributed by atoms with E-state index in [0.29, 0.717) is 13.2 Å². The summed E-state index contributed by atoms with van der Waals surface area (Å²) in [7, 11) is 1.53. The van der Waals surface area contributed by atoms with Crippen LogP contribution in [0.1, 0.15) is 59.1 Å². The van der Waals surface area contributed by atoms with Crippen molar-refractivity contribution < 1.29 is 33.4 Å². The van der Waals surface area contributed by atoms with Crippen molar-refractivity contribution in [2.45, 2.75) is 85.0 Å². The van der Waals surface area contributed by atoms with E-state index in [1.807, 2.05) is 92.9 Å².